The lowest BCUT2D eigenvalue weighted by Gasteiger charge is -1.84. The minimum absolute atomic E-state index is 0.547. The Morgan fingerprint density at radius 1 is 0.895 bits per heavy atom. The molecule has 0 spiro atoms. The van der Waals surface area contributed by atoms with Gasteiger partial charge in [0.25, 0.3) is 0 Å². The third-order valence-electron chi connectivity index (χ3n) is 2.33. The van der Waals surface area contributed by atoms with Gasteiger partial charge in [-0.05, 0) is 0 Å². The summed E-state index contributed by atoms with van der Waals surface area (Å²) in [6.07, 6.45) is 7.88. The molecule has 4 aromatic heterocycles. The van der Waals surface area contributed by atoms with E-state index in [1.165, 1.54) is 12.7 Å². The lowest BCUT2D eigenvalue weighted by molar-refractivity contribution is 1.18. The molecule has 8 nitrogen and oxygen atoms in total. The van der Waals surface area contributed by atoms with Crippen LogP contribution in [-0.4, -0.2) is 39.9 Å². The lowest BCUT2D eigenvalue weighted by Crippen LogP contribution is -1.80. The van der Waals surface area contributed by atoms with Crippen LogP contribution < -0.4 is 0 Å². The van der Waals surface area contributed by atoms with E-state index in [0.717, 1.165) is 16.7 Å². The minimum atomic E-state index is 0.547. The van der Waals surface area contributed by atoms with Crippen molar-refractivity contribution >= 4 is 34.5 Å². The Morgan fingerprint density at radius 2 is 1.74 bits per heavy atom. The van der Waals surface area contributed by atoms with E-state index in [1.54, 1.807) is 18.9 Å². The first-order valence-corrected chi connectivity index (χ1v) is 5.71. The Morgan fingerprint density at radius 3 is 2.58 bits per heavy atom. The van der Waals surface area contributed by atoms with Crippen LogP contribution in [0.4, 0.5) is 0 Å². The van der Waals surface area contributed by atoms with Crippen molar-refractivity contribution in [2.45, 2.75) is 0 Å². The fraction of sp³-hybridized carbons (Fsp3) is 0. The molecule has 0 atom stereocenters. The second kappa shape index (κ2) is 4.90. The molecule has 0 aliphatic rings. The summed E-state index contributed by atoms with van der Waals surface area (Å²) in [4.78, 5) is 28.0. The van der Waals surface area contributed by atoms with E-state index < -0.39 is 0 Å². The van der Waals surface area contributed by atoms with E-state index >= 15 is 0 Å². The fourth-order valence-corrected chi connectivity index (χ4v) is 1.68. The minimum Gasteiger partial charge on any atom is -0.342 e. The van der Waals surface area contributed by atoms with Gasteiger partial charge in [-0.1, -0.05) is 12.2 Å². The van der Waals surface area contributed by atoms with Crippen molar-refractivity contribution in [1.82, 2.24) is 39.9 Å². The Balaban J connectivity index is 0.000000117. The zero-order valence-corrected chi connectivity index (χ0v) is 10.3. The summed E-state index contributed by atoms with van der Waals surface area (Å²) in [7, 11) is 0. The molecule has 3 N–H and O–H groups in total. The molecule has 4 aromatic rings. The molecule has 0 aliphatic heterocycles. The SMILES string of the molecule is S=c1nc[nH]c2nc[nH]c12.c1ncc2[nH]cnc2n1. The van der Waals surface area contributed by atoms with Crippen molar-refractivity contribution in [3.63, 3.8) is 0 Å². The van der Waals surface area contributed by atoms with Crippen LogP contribution in [0, 0.1) is 4.64 Å². The number of rotatable bonds is 0. The molecule has 4 rings (SSSR count). The highest BCUT2D eigenvalue weighted by Gasteiger charge is 1.94. The number of H-pyrrole nitrogens is 3. The van der Waals surface area contributed by atoms with E-state index in [1.807, 2.05) is 0 Å². The zero-order valence-electron chi connectivity index (χ0n) is 9.53. The number of aromatic amines is 3. The summed E-state index contributed by atoms with van der Waals surface area (Å²) in [5, 5.41) is 0. The van der Waals surface area contributed by atoms with Crippen LogP contribution in [0.15, 0.2) is 31.5 Å². The molecule has 94 valence electrons. The number of nitrogens with one attached hydrogen (secondary N) is 3. The van der Waals surface area contributed by atoms with Crippen LogP contribution in [0.1, 0.15) is 0 Å². The smallest absolute Gasteiger partial charge is 0.180 e. The monoisotopic (exact) mass is 272 g/mol. The van der Waals surface area contributed by atoms with Crippen LogP contribution in [0.25, 0.3) is 22.3 Å². The third-order valence-corrected chi connectivity index (χ3v) is 2.64. The summed E-state index contributed by atoms with van der Waals surface area (Å²) < 4.78 is 0.547. The van der Waals surface area contributed by atoms with Gasteiger partial charge in [-0.3, -0.25) is 0 Å². The normalized spacial score (nSPS) is 10.3. The molecule has 0 aliphatic carbocycles. The molecule has 0 fully saturated rings. The Bertz CT molecular complexity index is 830. The number of imidazole rings is 2. The van der Waals surface area contributed by atoms with Gasteiger partial charge in [0.05, 0.1) is 25.2 Å². The van der Waals surface area contributed by atoms with Crippen LogP contribution in [0.5, 0.6) is 0 Å². The van der Waals surface area contributed by atoms with Gasteiger partial charge >= 0.3 is 0 Å². The van der Waals surface area contributed by atoms with E-state index in [4.69, 9.17) is 12.2 Å². The quantitative estimate of drug-likeness (QED) is 0.417. The van der Waals surface area contributed by atoms with Crippen molar-refractivity contribution in [3.05, 3.63) is 36.1 Å². The Kier molecular flexibility index (Phi) is 2.94. The third kappa shape index (κ3) is 2.31. The van der Waals surface area contributed by atoms with Gasteiger partial charge in [-0.25, -0.2) is 24.9 Å². The highest BCUT2D eigenvalue weighted by Crippen LogP contribution is 2.02. The van der Waals surface area contributed by atoms with Crippen LogP contribution in [0.3, 0.4) is 0 Å². The van der Waals surface area contributed by atoms with Crippen molar-refractivity contribution in [1.29, 1.82) is 0 Å². The van der Waals surface area contributed by atoms with Gasteiger partial charge in [0.15, 0.2) is 15.9 Å². The lowest BCUT2D eigenvalue weighted by atomic mass is 10.6. The topological polar surface area (TPSA) is 112 Å². The second-order valence-corrected chi connectivity index (χ2v) is 3.88. The summed E-state index contributed by atoms with van der Waals surface area (Å²) in [5.41, 5.74) is 3.13. The first-order valence-electron chi connectivity index (χ1n) is 5.30. The van der Waals surface area contributed by atoms with Crippen molar-refractivity contribution in [2.75, 3.05) is 0 Å². The highest BCUT2D eigenvalue weighted by molar-refractivity contribution is 7.71. The number of nitrogens with zero attached hydrogens (tertiary/aromatic N) is 5. The first kappa shape index (κ1) is 11.4. The van der Waals surface area contributed by atoms with Gasteiger partial charge in [0, 0.05) is 0 Å². The first-order chi connectivity index (χ1) is 9.34. The molecule has 19 heavy (non-hydrogen) atoms. The number of hydrogen-bond donors (Lipinski definition) is 3. The average molecular weight is 272 g/mol. The van der Waals surface area contributed by atoms with Crippen molar-refractivity contribution in [2.24, 2.45) is 0 Å². The summed E-state index contributed by atoms with van der Waals surface area (Å²) >= 11 is 4.91. The molecule has 0 bridgehead atoms. The standard InChI is InChI=1S/C5H4N4S.C5H4N4/c10-5-3-4(7-1-6-3)8-2-9-5;1-4-5(8-2-6-1)9-3-7-4/h1-2H,(H2,6,7,8,9,10);1-3H,(H,6,7,8,9). The maximum Gasteiger partial charge on any atom is 0.180 e. The number of hydrogen-bond acceptors (Lipinski definition) is 6. The van der Waals surface area contributed by atoms with E-state index in [0.29, 0.717) is 10.3 Å². The predicted octanol–water partition coefficient (Wildman–Crippen LogP) is 1.37. The summed E-state index contributed by atoms with van der Waals surface area (Å²) in [6.45, 7) is 0. The molecule has 4 heterocycles. The van der Waals surface area contributed by atoms with Gasteiger partial charge in [-0.2, -0.15) is 0 Å². The number of aromatic nitrogens is 8. The number of fused-ring (bicyclic) bond motifs is 2. The largest absolute Gasteiger partial charge is 0.342 e. The van der Waals surface area contributed by atoms with Gasteiger partial charge in [0.1, 0.15) is 17.4 Å². The Hall–Kier alpha value is -2.68. The fourth-order valence-electron chi connectivity index (χ4n) is 1.47. The molecular formula is C10H8N8S. The molecule has 9 heteroatoms. The van der Waals surface area contributed by atoms with Crippen LogP contribution in [-0.2, 0) is 0 Å². The zero-order chi connectivity index (χ0) is 13.1. The molecule has 0 aromatic carbocycles. The van der Waals surface area contributed by atoms with E-state index in [-0.39, 0.29) is 0 Å². The average Bonchev–Trinajstić information content (AvgIpc) is 3.08. The van der Waals surface area contributed by atoms with Gasteiger partial charge < -0.3 is 15.0 Å². The van der Waals surface area contributed by atoms with E-state index in [2.05, 4.69) is 39.9 Å². The second-order valence-electron chi connectivity index (χ2n) is 3.50. The highest BCUT2D eigenvalue weighted by atomic mass is 32.1. The molecule has 0 amide bonds. The summed E-state index contributed by atoms with van der Waals surface area (Å²) in [5.74, 6) is 0. The maximum atomic E-state index is 4.91. The molecular weight excluding hydrogens is 264 g/mol. The predicted molar refractivity (Wildman–Crippen MR) is 70.8 cm³/mol. The molecule has 0 saturated carbocycles. The van der Waals surface area contributed by atoms with Crippen LogP contribution in [0.2, 0.25) is 0 Å². The molecule has 0 saturated heterocycles. The Labute approximate surface area is 111 Å². The van der Waals surface area contributed by atoms with Crippen LogP contribution >= 0.6 is 12.2 Å². The molecule has 0 radical (unpaired) electrons. The van der Waals surface area contributed by atoms with Crippen molar-refractivity contribution in [3.8, 4) is 0 Å². The van der Waals surface area contributed by atoms with Gasteiger partial charge in [0.2, 0.25) is 0 Å². The van der Waals surface area contributed by atoms with Gasteiger partial charge in [-0.15, -0.1) is 0 Å². The molecule has 0 unspecified atom stereocenters. The maximum absolute atomic E-state index is 4.91. The van der Waals surface area contributed by atoms with Crippen molar-refractivity contribution < 1.29 is 0 Å². The summed E-state index contributed by atoms with van der Waals surface area (Å²) in [6, 6.07) is 0. The van der Waals surface area contributed by atoms with E-state index in [9.17, 15) is 0 Å².